The van der Waals surface area contributed by atoms with Crippen LogP contribution >= 0.6 is 11.3 Å². The predicted octanol–water partition coefficient (Wildman–Crippen LogP) is 4.22. The van der Waals surface area contributed by atoms with Gasteiger partial charge in [0.05, 0.1) is 0 Å². The molecular formula is C16H21NS. The molecule has 2 rings (SSSR count). The first-order chi connectivity index (χ1) is 8.70. The minimum atomic E-state index is 0.958. The molecule has 18 heavy (non-hydrogen) atoms. The Morgan fingerprint density at radius 1 is 1.06 bits per heavy atom. The van der Waals surface area contributed by atoms with Gasteiger partial charge >= 0.3 is 0 Å². The summed E-state index contributed by atoms with van der Waals surface area (Å²) in [5.41, 5.74) is 4.28. The Kier molecular flexibility index (Phi) is 4.56. The van der Waals surface area contributed by atoms with Crippen molar-refractivity contribution in [1.29, 1.82) is 0 Å². The average Bonchev–Trinajstić information content (AvgIpc) is 2.69. The molecule has 0 aliphatic rings. The van der Waals surface area contributed by atoms with Crippen molar-refractivity contribution >= 4 is 11.3 Å². The molecule has 0 aliphatic carbocycles. The van der Waals surface area contributed by atoms with E-state index in [-0.39, 0.29) is 0 Å². The van der Waals surface area contributed by atoms with E-state index >= 15 is 0 Å². The van der Waals surface area contributed by atoms with Crippen LogP contribution in [0.3, 0.4) is 0 Å². The summed E-state index contributed by atoms with van der Waals surface area (Å²) in [6.45, 7) is 8.51. The number of thiophene rings is 1. The molecular weight excluding hydrogens is 238 g/mol. The molecule has 1 aromatic heterocycles. The number of nitrogens with one attached hydrogen (secondary N) is 1. The van der Waals surface area contributed by atoms with Crippen LogP contribution < -0.4 is 5.32 Å². The normalized spacial score (nSPS) is 10.8. The van der Waals surface area contributed by atoms with Crippen molar-refractivity contribution in [3.05, 3.63) is 56.8 Å². The van der Waals surface area contributed by atoms with E-state index in [1.54, 1.807) is 0 Å². The van der Waals surface area contributed by atoms with Gasteiger partial charge in [-0.1, -0.05) is 31.2 Å². The SMILES string of the molecule is CCc1ccccc1CNCc1cc(C)c(C)s1. The highest BCUT2D eigenvalue weighted by Gasteiger charge is 2.02. The lowest BCUT2D eigenvalue weighted by Crippen LogP contribution is -2.13. The van der Waals surface area contributed by atoms with E-state index in [1.807, 2.05) is 11.3 Å². The molecule has 0 unspecified atom stereocenters. The monoisotopic (exact) mass is 259 g/mol. The first-order valence-corrected chi connectivity index (χ1v) is 7.35. The zero-order valence-electron chi connectivity index (χ0n) is 11.4. The number of benzene rings is 1. The van der Waals surface area contributed by atoms with Crippen LogP contribution in [0.2, 0.25) is 0 Å². The molecule has 0 saturated carbocycles. The molecule has 0 fully saturated rings. The number of rotatable bonds is 5. The molecule has 2 aromatic rings. The van der Waals surface area contributed by atoms with E-state index in [9.17, 15) is 0 Å². The average molecular weight is 259 g/mol. The molecule has 1 N–H and O–H groups in total. The van der Waals surface area contributed by atoms with Crippen molar-refractivity contribution in [3.8, 4) is 0 Å². The highest BCUT2D eigenvalue weighted by Crippen LogP contribution is 2.20. The lowest BCUT2D eigenvalue weighted by molar-refractivity contribution is 0.695. The lowest BCUT2D eigenvalue weighted by atomic mass is 10.1. The van der Waals surface area contributed by atoms with Gasteiger partial charge in [0.1, 0.15) is 0 Å². The van der Waals surface area contributed by atoms with Crippen LogP contribution in [0.4, 0.5) is 0 Å². The Morgan fingerprint density at radius 2 is 1.78 bits per heavy atom. The first-order valence-electron chi connectivity index (χ1n) is 6.54. The summed E-state index contributed by atoms with van der Waals surface area (Å²) in [7, 11) is 0. The van der Waals surface area contributed by atoms with E-state index in [0.29, 0.717) is 0 Å². The van der Waals surface area contributed by atoms with Gasteiger partial charge in [-0.25, -0.2) is 0 Å². The Bertz CT molecular complexity index is 494. The molecule has 96 valence electrons. The molecule has 1 nitrogen and oxygen atoms in total. The molecule has 0 radical (unpaired) electrons. The second kappa shape index (κ2) is 6.17. The Balaban J connectivity index is 1.92. The van der Waals surface area contributed by atoms with Gasteiger partial charge in [0.2, 0.25) is 0 Å². The summed E-state index contributed by atoms with van der Waals surface area (Å²) >= 11 is 1.90. The van der Waals surface area contributed by atoms with Crippen molar-refractivity contribution in [2.45, 2.75) is 40.3 Å². The second-order valence-corrected chi connectivity index (χ2v) is 6.02. The summed E-state index contributed by atoms with van der Waals surface area (Å²) in [4.78, 5) is 2.86. The third kappa shape index (κ3) is 3.21. The van der Waals surface area contributed by atoms with Crippen LogP contribution in [-0.2, 0) is 19.5 Å². The van der Waals surface area contributed by atoms with E-state index in [0.717, 1.165) is 19.5 Å². The van der Waals surface area contributed by atoms with Gasteiger partial charge in [-0.3, -0.25) is 0 Å². The van der Waals surface area contributed by atoms with Crippen LogP contribution in [0.15, 0.2) is 30.3 Å². The fourth-order valence-electron chi connectivity index (χ4n) is 2.13. The third-order valence-electron chi connectivity index (χ3n) is 3.33. The number of aryl methyl sites for hydroxylation is 3. The quantitative estimate of drug-likeness (QED) is 0.848. The van der Waals surface area contributed by atoms with Crippen LogP contribution in [0.25, 0.3) is 0 Å². The van der Waals surface area contributed by atoms with Gasteiger partial charge in [0.15, 0.2) is 0 Å². The van der Waals surface area contributed by atoms with E-state index < -0.39 is 0 Å². The Hall–Kier alpha value is -1.12. The Labute approximate surface area is 114 Å². The largest absolute Gasteiger partial charge is 0.308 e. The summed E-state index contributed by atoms with van der Waals surface area (Å²) in [5, 5.41) is 3.54. The van der Waals surface area contributed by atoms with Crippen LogP contribution in [-0.4, -0.2) is 0 Å². The maximum absolute atomic E-state index is 3.54. The van der Waals surface area contributed by atoms with Gasteiger partial charge in [0, 0.05) is 22.8 Å². The molecule has 1 heterocycles. The van der Waals surface area contributed by atoms with Crippen molar-refractivity contribution in [2.75, 3.05) is 0 Å². The Morgan fingerprint density at radius 3 is 2.39 bits per heavy atom. The maximum Gasteiger partial charge on any atom is 0.0303 e. The third-order valence-corrected chi connectivity index (χ3v) is 4.48. The minimum Gasteiger partial charge on any atom is -0.308 e. The number of hydrogen-bond donors (Lipinski definition) is 1. The molecule has 0 amide bonds. The molecule has 1 aromatic carbocycles. The summed E-state index contributed by atoms with van der Waals surface area (Å²) in [6, 6.07) is 11.0. The highest BCUT2D eigenvalue weighted by molar-refractivity contribution is 7.12. The molecule has 0 aliphatic heterocycles. The fourth-order valence-corrected chi connectivity index (χ4v) is 3.16. The zero-order valence-corrected chi connectivity index (χ0v) is 12.2. The van der Waals surface area contributed by atoms with Crippen molar-refractivity contribution in [2.24, 2.45) is 0 Å². The molecule has 0 spiro atoms. The van der Waals surface area contributed by atoms with Crippen LogP contribution in [0, 0.1) is 13.8 Å². The predicted molar refractivity (Wildman–Crippen MR) is 80.2 cm³/mol. The smallest absolute Gasteiger partial charge is 0.0303 e. The van der Waals surface area contributed by atoms with Gasteiger partial charge in [-0.05, 0) is 43.0 Å². The summed E-state index contributed by atoms with van der Waals surface area (Å²) in [5.74, 6) is 0. The molecule has 2 heteroatoms. The summed E-state index contributed by atoms with van der Waals surface area (Å²) < 4.78 is 0. The minimum absolute atomic E-state index is 0.958. The van der Waals surface area contributed by atoms with Gasteiger partial charge in [0.25, 0.3) is 0 Å². The van der Waals surface area contributed by atoms with E-state index in [2.05, 4.69) is 56.4 Å². The fraction of sp³-hybridized carbons (Fsp3) is 0.375. The van der Waals surface area contributed by atoms with Crippen molar-refractivity contribution in [1.82, 2.24) is 5.32 Å². The molecule has 0 bridgehead atoms. The lowest BCUT2D eigenvalue weighted by Gasteiger charge is -2.08. The van der Waals surface area contributed by atoms with E-state index in [4.69, 9.17) is 0 Å². The van der Waals surface area contributed by atoms with Gasteiger partial charge in [-0.15, -0.1) is 11.3 Å². The van der Waals surface area contributed by atoms with Crippen LogP contribution in [0.1, 0.15) is 33.4 Å². The van der Waals surface area contributed by atoms with Crippen molar-refractivity contribution < 1.29 is 0 Å². The zero-order chi connectivity index (χ0) is 13.0. The van der Waals surface area contributed by atoms with Crippen LogP contribution in [0.5, 0.6) is 0 Å². The molecule has 0 atom stereocenters. The van der Waals surface area contributed by atoms with Gasteiger partial charge < -0.3 is 5.32 Å². The molecule has 0 saturated heterocycles. The standard InChI is InChI=1S/C16H21NS/c1-4-14-7-5-6-8-15(14)10-17-11-16-9-12(2)13(3)18-16/h5-9,17H,4,10-11H2,1-3H3. The van der Waals surface area contributed by atoms with Crippen molar-refractivity contribution in [3.63, 3.8) is 0 Å². The topological polar surface area (TPSA) is 12.0 Å². The second-order valence-electron chi connectivity index (χ2n) is 4.68. The van der Waals surface area contributed by atoms with Gasteiger partial charge in [-0.2, -0.15) is 0 Å². The summed E-state index contributed by atoms with van der Waals surface area (Å²) in [6.07, 6.45) is 1.11. The maximum atomic E-state index is 3.54. The highest BCUT2D eigenvalue weighted by atomic mass is 32.1. The first kappa shape index (κ1) is 13.3. The van der Waals surface area contributed by atoms with E-state index in [1.165, 1.54) is 26.4 Å². The number of hydrogen-bond acceptors (Lipinski definition) is 2.